The van der Waals surface area contributed by atoms with Crippen LogP contribution in [0.1, 0.15) is 31.9 Å². The van der Waals surface area contributed by atoms with E-state index in [1.54, 1.807) is 0 Å². The number of fused-ring (bicyclic) bond motifs is 1. The van der Waals surface area contributed by atoms with E-state index in [4.69, 9.17) is 0 Å². The number of aromatic nitrogens is 2. The van der Waals surface area contributed by atoms with Gasteiger partial charge in [-0.25, -0.2) is 4.98 Å². The van der Waals surface area contributed by atoms with Crippen molar-refractivity contribution < 1.29 is 4.79 Å². The topological polar surface area (TPSA) is 64.0 Å². The number of hydrogen-bond donors (Lipinski definition) is 1. The van der Waals surface area contributed by atoms with Gasteiger partial charge >= 0.3 is 0 Å². The maximum Gasteiger partial charge on any atom is 0.263 e. The first-order valence-electron chi connectivity index (χ1n) is 12.1. The number of aryl methyl sites for hydroxylation is 1. The third-order valence-electron chi connectivity index (χ3n) is 6.48. The summed E-state index contributed by atoms with van der Waals surface area (Å²) in [4.78, 5) is 32.0. The van der Waals surface area contributed by atoms with Crippen LogP contribution in [0.3, 0.4) is 0 Å². The van der Waals surface area contributed by atoms with Gasteiger partial charge in [-0.2, -0.15) is 0 Å². The number of anilines is 1. The number of nitrogens with one attached hydrogen (secondary N) is 1. The third kappa shape index (κ3) is 4.60. The highest BCUT2D eigenvalue weighted by atomic mass is 32.1. The molecule has 5 nitrogen and oxygen atoms in total. The summed E-state index contributed by atoms with van der Waals surface area (Å²) in [5, 5.41) is 5.48. The van der Waals surface area contributed by atoms with Gasteiger partial charge in [-0.05, 0) is 47.2 Å². The number of benzene rings is 3. The molecule has 1 atom stereocenters. The molecule has 2 aromatic heterocycles. The Kier molecular flexibility index (Phi) is 6.78. The predicted octanol–water partition coefficient (Wildman–Crippen LogP) is 6.94. The molecule has 0 bridgehead atoms. The average Bonchev–Trinajstić information content (AvgIpc) is 3.36. The van der Waals surface area contributed by atoms with E-state index in [9.17, 15) is 9.59 Å². The van der Waals surface area contributed by atoms with E-state index >= 15 is 0 Å². The maximum atomic E-state index is 13.7. The van der Waals surface area contributed by atoms with E-state index in [0.29, 0.717) is 22.3 Å². The quantitative estimate of drug-likeness (QED) is 0.267. The molecule has 0 aliphatic heterocycles. The predicted molar refractivity (Wildman–Crippen MR) is 149 cm³/mol. The van der Waals surface area contributed by atoms with Gasteiger partial charge in [-0.1, -0.05) is 80.6 Å². The fraction of sp³-hybridized carbons (Fsp3) is 0.167. The second-order valence-electron chi connectivity index (χ2n) is 8.69. The molecular formula is C30H27N3O2S. The van der Waals surface area contributed by atoms with E-state index in [-0.39, 0.29) is 11.5 Å². The molecule has 0 spiro atoms. The first kappa shape index (κ1) is 23.7. The highest BCUT2D eigenvalue weighted by molar-refractivity contribution is 7.17. The van der Waals surface area contributed by atoms with E-state index in [0.717, 1.165) is 28.7 Å². The number of carbonyl (C=O) groups is 1. The molecule has 180 valence electrons. The molecule has 0 aliphatic carbocycles. The monoisotopic (exact) mass is 493 g/mol. The van der Waals surface area contributed by atoms with Crippen molar-refractivity contribution in [3.05, 3.63) is 106 Å². The number of carbonyl (C=O) groups excluding carboxylic acids is 1. The molecule has 0 radical (unpaired) electrons. The lowest BCUT2D eigenvalue weighted by atomic mass is 10.0. The minimum absolute atomic E-state index is 0.202. The first-order chi connectivity index (χ1) is 17.6. The summed E-state index contributed by atoms with van der Waals surface area (Å²) >= 11 is 1.44. The van der Waals surface area contributed by atoms with Crippen LogP contribution in [-0.4, -0.2) is 15.5 Å². The zero-order valence-electron chi connectivity index (χ0n) is 20.3. The molecule has 1 N–H and O–H groups in total. The Morgan fingerprint density at radius 3 is 2.25 bits per heavy atom. The lowest BCUT2D eigenvalue weighted by Gasteiger charge is -2.18. The van der Waals surface area contributed by atoms with Crippen LogP contribution >= 0.6 is 11.3 Å². The molecule has 1 amide bonds. The second-order valence-corrected chi connectivity index (χ2v) is 9.55. The van der Waals surface area contributed by atoms with Crippen molar-refractivity contribution in [2.24, 2.45) is 0 Å². The van der Waals surface area contributed by atoms with Crippen molar-refractivity contribution >= 4 is 33.1 Å². The Bertz CT molecular complexity index is 1550. The zero-order chi connectivity index (χ0) is 25.1. The molecule has 0 fully saturated rings. The summed E-state index contributed by atoms with van der Waals surface area (Å²) in [6.45, 7) is 3.99. The number of nitrogens with zero attached hydrogens (tertiary/aromatic N) is 2. The van der Waals surface area contributed by atoms with Crippen LogP contribution in [0.25, 0.3) is 32.5 Å². The molecule has 0 saturated heterocycles. The van der Waals surface area contributed by atoms with Crippen LogP contribution in [0.5, 0.6) is 0 Å². The van der Waals surface area contributed by atoms with Crippen LogP contribution < -0.4 is 10.9 Å². The van der Waals surface area contributed by atoms with Crippen molar-refractivity contribution in [2.45, 2.75) is 32.7 Å². The van der Waals surface area contributed by atoms with Crippen molar-refractivity contribution in [1.29, 1.82) is 0 Å². The normalized spacial score (nSPS) is 11.9. The Labute approximate surface area is 214 Å². The Balaban J connectivity index is 1.47. The fourth-order valence-electron chi connectivity index (χ4n) is 4.41. The van der Waals surface area contributed by atoms with Gasteiger partial charge < -0.3 is 5.32 Å². The largest absolute Gasteiger partial charge is 0.324 e. The van der Waals surface area contributed by atoms with Crippen molar-refractivity contribution in [1.82, 2.24) is 9.55 Å². The lowest BCUT2D eigenvalue weighted by Crippen LogP contribution is -2.33. The van der Waals surface area contributed by atoms with Crippen molar-refractivity contribution in [2.75, 3.05) is 5.32 Å². The van der Waals surface area contributed by atoms with E-state index in [2.05, 4.69) is 41.5 Å². The van der Waals surface area contributed by atoms with E-state index in [1.807, 2.05) is 66.9 Å². The average molecular weight is 494 g/mol. The van der Waals surface area contributed by atoms with Gasteiger partial charge in [0, 0.05) is 16.6 Å². The van der Waals surface area contributed by atoms with Crippen LogP contribution in [0, 0.1) is 0 Å². The molecule has 0 saturated carbocycles. The second kappa shape index (κ2) is 10.3. The standard InChI is InChI=1S/C30H27N3O2S/c1-3-20-10-16-24(17-11-20)32-28(34)26(4-2)33-19-31-29-27(30(33)35)25(18-36-29)23-14-12-22(13-15-23)21-8-6-5-7-9-21/h5-19,26H,3-4H2,1-2H3,(H,32,34). The molecule has 36 heavy (non-hydrogen) atoms. The summed E-state index contributed by atoms with van der Waals surface area (Å²) in [5.74, 6) is -0.228. The Morgan fingerprint density at radius 1 is 0.917 bits per heavy atom. The Hall–Kier alpha value is -4.03. The van der Waals surface area contributed by atoms with Crippen LogP contribution in [0.15, 0.2) is 95.4 Å². The molecular weight excluding hydrogens is 466 g/mol. The number of hydrogen-bond acceptors (Lipinski definition) is 4. The summed E-state index contributed by atoms with van der Waals surface area (Å²) in [5.41, 5.74) is 5.76. The summed E-state index contributed by atoms with van der Waals surface area (Å²) in [6.07, 6.45) is 2.90. The summed E-state index contributed by atoms with van der Waals surface area (Å²) < 4.78 is 1.46. The number of rotatable bonds is 7. The van der Waals surface area contributed by atoms with Gasteiger partial charge in [-0.15, -0.1) is 11.3 Å². The minimum Gasteiger partial charge on any atom is -0.324 e. The van der Waals surface area contributed by atoms with E-state index in [1.165, 1.54) is 27.8 Å². The Morgan fingerprint density at radius 2 is 1.58 bits per heavy atom. The van der Waals surface area contributed by atoms with Gasteiger partial charge in [0.2, 0.25) is 5.91 Å². The van der Waals surface area contributed by atoms with Gasteiger partial charge in [0.15, 0.2) is 0 Å². The number of thiophene rings is 1. The third-order valence-corrected chi connectivity index (χ3v) is 7.36. The van der Waals surface area contributed by atoms with Crippen molar-refractivity contribution in [3.8, 4) is 22.3 Å². The summed E-state index contributed by atoms with van der Waals surface area (Å²) in [6, 6.07) is 25.5. The highest BCUT2D eigenvalue weighted by Gasteiger charge is 2.23. The maximum absolute atomic E-state index is 13.7. The molecule has 5 rings (SSSR count). The molecule has 0 aliphatic rings. The van der Waals surface area contributed by atoms with Gasteiger partial charge in [-0.3, -0.25) is 14.2 Å². The zero-order valence-corrected chi connectivity index (χ0v) is 21.1. The van der Waals surface area contributed by atoms with Gasteiger partial charge in [0.25, 0.3) is 5.56 Å². The van der Waals surface area contributed by atoms with Gasteiger partial charge in [0.05, 0.1) is 11.7 Å². The molecule has 3 aromatic carbocycles. The molecule has 2 heterocycles. The molecule has 6 heteroatoms. The minimum atomic E-state index is -0.659. The van der Waals surface area contributed by atoms with Crippen molar-refractivity contribution in [3.63, 3.8) is 0 Å². The number of amides is 1. The summed E-state index contributed by atoms with van der Waals surface area (Å²) in [7, 11) is 0. The fourth-order valence-corrected chi connectivity index (χ4v) is 5.32. The van der Waals surface area contributed by atoms with E-state index < -0.39 is 6.04 Å². The molecule has 1 unspecified atom stereocenters. The smallest absolute Gasteiger partial charge is 0.263 e. The first-order valence-corrected chi connectivity index (χ1v) is 13.0. The molecule has 5 aromatic rings. The SMILES string of the molecule is CCc1ccc(NC(=O)C(CC)n2cnc3scc(-c4ccc(-c5ccccc5)cc4)c3c2=O)cc1. The highest BCUT2D eigenvalue weighted by Crippen LogP contribution is 2.32. The van der Waals surface area contributed by atoms with Gasteiger partial charge in [0.1, 0.15) is 10.9 Å². The van der Waals surface area contributed by atoms with Crippen LogP contribution in [0.4, 0.5) is 5.69 Å². The van der Waals surface area contributed by atoms with Crippen LogP contribution in [0.2, 0.25) is 0 Å². The van der Waals surface area contributed by atoms with Crippen LogP contribution in [-0.2, 0) is 11.2 Å². The lowest BCUT2D eigenvalue weighted by molar-refractivity contribution is -0.119.